The van der Waals surface area contributed by atoms with Gasteiger partial charge < -0.3 is 15.8 Å². The summed E-state index contributed by atoms with van der Waals surface area (Å²) in [5, 5.41) is 3.43. The van der Waals surface area contributed by atoms with Crippen LogP contribution in [0.4, 0.5) is 5.69 Å². The van der Waals surface area contributed by atoms with Crippen molar-refractivity contribution in [1.82, 2.24) is 0 Å². The highest BCUT2D eigenvalue weighted by molar-refractivity contribution is 5.58. The Kier molecular flexibility index (Phi) is 2.80. The molecule has 16 heavy (non-hydrogen) atoms. The molecule has 3 nitrogen and oxygen atoms in total. The number of hydrogen-bond acceptors (Lipinski definition) is 3. The van der Waals surface area contributed by atoms with Crippen molar-refractivity contribution in [2.75, 3.05) is 19.0 Å². The molecule has 0 aromatic heterocycles. The van der Waals surface area contributed by atoms with Crippen LogP contribution in [-0.2, 0) is 0 Å². The van der Waals surface area contributed by atoms with Crippen molar-refractivity contribution in [3.8, 4) is 5.75 Å². The molecule has 0 spiro atoms. The van der Waals surface area contributed by atoms with Gasteiger partial charge in [0.25, 0.3) is 0 Å². The van der Waals surface area contributed by atoms with E-state index in [1.54, 1.807) is 7.11 Å². The average Bonchev–Trinajstić information content (AvgIpc) is 2.99. The van der Waals surface area contributed by atoms with E-state index < -0.39 is 0 Å². The molecule has 0 radical (unpaired) electrons. The van der Waals surface area contributed by atoms with Crippen LogP contribution in [0.25, 0.3) is 0 Å². The predicted octanol–water partition coefficient (Wildman–Crippen LogP) is 2.22. The van der Waals surface area contributed by atoms with Crippen LogP contribution in [0.5, 0.6) is 5.75 Å². The first-order chi connectivity index (χ1) is 7.56. The van der Waals surface area contributed by atoms with Crippen LogP contribution in [0, 0.1) is 13.8 Å². The average molecular weight is 220 g/mol. The van der Waals surface area contributed by atoms with Crippen LogP contribution >= 0.6 is 0 Å². The Morgan fingerprint density at radius 2 is 2.00 bits per heavy atom. The first-order valence-electron chi connectivity index (χ1n) is 5.73. The van der Waals surface area contributed by atoms with E-state index in [1.165, 1.54) is 11.1 Å². The molecule has 0 aliphatic heterocycles. The van der Waals surface area contributed by atoms with Gasteiger partial charge in [0, 0.05) is 17.8 Å². The first kappa shape index (κ1) is 11.3. The molecule has 3 N–H and O–H groups in total. The van der Waals surface area contributed by atoms with Gasteiger partial charge in [-0.25, -0.2) is 0 Å². The van der Waals surface area contributed by atoms with E-state index in [0.29, 0.717) is 0 Å². The zero-order valence-corrected chi connectivity index (χ0v) is 10.3. The van der Waals surface area contributed by atoms with Crippen molar-refractivity contribution >= 4 is 5.69 Å². The molecule has 0 bridgehead atoms. The number of hydrogen-bond donors (Lipinski definition) is 2. The van der Waals surface area contributed by atoms with E-state index in [0.717, 1.165) is 30.8 Å². The zero-order chi connectivity index (χ0) is 11.8. The SMILES string of the molecule is COc1ccc(NCC2(N)CC2)c(C)c1C. The van der Waals surface area contributed by atoms with Crippen molar-refractivity contribution in [2.45, 2.75) is 32.2 Å². The Balaban J connectivity index is 2.12. The number of methoxy groups -OCH3 is 1. The maximum atomic E-state index is 6.05. The molecule has 1 aliphatic carbocycles. The Labute approximate surface area is 97.0 Å². The molecule has 1 fully saturated rings. The van der Waals surface area contributed by atoms with Crippen LogP contribution in [0.3, 0.4) is 0 Å². The number of rotatable bonds is 4. The van der Waals surface area contributed by atoms with Gasteiger partial charge in [0.2, 0.25) is 0 Å². The molecule has 1 saturated carbocycles. The quantitative estimate of drug-likeness (QED) is 0.818. The molecule has 0 unspecified atom stereocenters. The molecule has 0 atom stereocenters. The molecular formula is C13H20N2O. The fourth-order valence-electron chi connectivity index (χ4n) is 1.82. The summed E-state index contributed by atoms with van der Waals surface area (Å²) in [6, 6.07) is 4.06. The number of nitrogens with two attached hydrogens (primary N) is 1. The van der Waals surface area contributed by atoms with Gasteiger partial charge in [0.05, 0.1) is 7.11 Å². The molecule has 1 aromatic rings. The van der Waals surface area contributed by atoms with Crippen LogP contribution in [0.2, 0.25) is 0 Å². The smallest absolute Gasteiger partial charge is 0.122 e. The van der Waals surface area contributed by atoms with Gasteiger partial charge in [-0.05, 0) is 49.9 Å². The lowest BCUT2D eigenvalue weighted by atomic mass is 10.1. The van der Waals surface area contributed by atoms with Crippen LogP contribution in [-0.4, -0.2) is 19.2 Å². The van der Waals surface area contributed by atoms with Crippen molar-refractivity contribution in [3.63, 3.8) is 0 Å². The van der Waals surface area contributed by atoms with E-state index in [4.69, 9.17) is 10.5 Å². The molecule has 3 heteroatoms. The number of ether oxygens (including phenoxy) is 1. The van der Waals surface area contributed by atoms with Gasteiger partial charge in [-0.2, -0.15) is 0 Å². The van der Waals surface area contributed by atoms with E-state index >= 15 is 0 Å². The number of nitrogens with one attached hydrogen (secondary N) is 1. The molecule has 2 rings (SSSR count). The van der Waals surface area contributed by atoms with Gasteiger partial charge in [-0.15, -0.1) is 0 Å². The Hall–Kier alpha value is -1.22. The first-order valence-corrected chi connectivity index (χ1v) is 5.73. The lowest BCUT2D eigenvalue weighted by Crippen LogP contribution is -2.31. The highest BCUT2D eigenvalue weighted by Crippen LogP contribution is 2.33. The third-order valence-electron chi connectivity index (χ3n) is 3.48. The second-order valence-electron chi connectivity index (χ2n) is 4.78. The summed E-state index contributed by atoms with van der Waals surface area (Å²) >= 11 is 0. The van der Waals surface area contributed by atoms with Gasteiger partial charge in [0.15, 0.2) is 0 Å². The Morgan fingerprint density at radius 1 is 1.31 bits per heavy atom. The van der Waals surface area contributed by atoms with E-state index in [9.17, 15) is 0 Å². The predicted molar refractivity (Wildman–Crippen MR) is 67.1 cm³/mol. The summed E-state index contributed by atoms with van der Waals surface area (Å²) < 4.78 is 5.29. The van der Waals surface area contributed by atoms with Gasteiger partial charge in [-0.1, -0.05) is 0 Å². The summed E-state index contributed by atoms with van der Waals surface area (Å²) in [4.78, 5) is 0. The molecule has 1 aliphatic rings. The molecule has 0 amide bonds. The fraction of sp³-hybridized carbons (Fsp3) is 0.538. The number of anilines is 1. The largest absolute Gasteiger partial charge is 0.496 e. The zero-order valence-electron chi connectivity index (χ0n) is 10.3. The van der Waals surface area contributed by atoms with E-state index in [-0.39, 0.29) is 5.54 Å². The molecule has 1 aromatic carbocycles. The van der Waals surface area contributed by atoms with Crippen LogP contribution in [0.1, 0.15) is 24.0 Å². The fourth-order valence-corrected chi connectivity index (χ4v) is 1.82. The molecular weight excluding hydrogens is 200 g/mol. The van der Waals surface area contributed by atoms with Gasteiger partial charge in [-0.3, -0.25) is 0 Å². The summed E-state index contributed by atoms with van der Waals surface area (Å²) in [6.07, 6.45) is 2.27. The highest BCUT2D eigenvalue weighted by atomic mass is 16.5. The lowest BCUT2D eigenvalue weighted by Gasteiger charge is -2.16. The minimum Gasteiger partial charge on any atom is -0.496 e. The minimum atomic E-state index is 0.0419. The maximum absolute atomic E-state index is 6.05. The summed E-state index contributed by atoms with van der Waals surface area (Å²) in [6.45, 7) is 5.05. The second kappa shape index (κ2) is 3.98. The Bertz CT molecular complexity index is 397. The number of benzene rings is 1. The third kappa shape index (κ3) is 2.14. The second-order valence-corrected chi connectivity index (χ2v) is 4.78. The van der Waals surface area contributed by atoms with Crippen molar-refractivity contribution in [2.24, 2.45) is 5.73 Å². The maximum Gasteiger partial charge on any atom is 0.122 e. The summed E-state index contributed by atoms with van der Waals surface area (Å²) in [5.74, 6) is 0.942. The minimum absolute atomic E-state index is 0.0419. The monoisotopic (exact) mass is 220 g/mol. The molecule has 88 valence electrons. The summed E-state index contributed by atoms with van der Waals surface area (Å²) in [5.41, 5.74) is 9.68. The standard InChI is InChI=1S/C13H20N2O/c1-9-10(2)12(16-3)5-4-11(9)15-8-13(14)6-7-13/h4-5,15H,6-8,14H2,1-3H3. The van der Waals surface area contributed by atoms with Crippen LogP contribution in [0.15, 0.2) is 12.1 Å². The topological polar surface area (TPSA) is 47.3 Å². The van der Waals surface area contributed by atoms with E-state index in [1.807, 2.05) is 6.07 Å². The van der Waals surface area contributed by atoms with Crippen LogP contribution < -0.4 is 15.8 Å². The summed E-state index contributed by atoms with van der Waals surface area (Å²) in [7, 11) is 1.70. The molecule has 0 heterocycles. The highest BCUT2D eigenvalue weighted by Gasteiger charge is 2.37. The Morgan fingerprint density at radius 3 is 2.56 bits per heavy atom. The third-order valence-corrected chi connectivity index (χ3v) is 3.48. The van der Waals surface area contributed by atoms with Crippen molar-refractivity contribution in [1.29, 1.82) is 0 Å². The normalized spacial score (nSPS) is 17.0. The van der Waals surface area contributed by atoms with Crippen molar-refractivity contribution in [3.05, 3.63) is 23.3 Å². The lowest BCUT2D eigenvalue weighted by molar-refractivity contribution is 0.411. The van der Waals surface area contributed by atoms with E-state index in [2.05, 4.69) is 25.2 Å². The molecule has 0 saturated heterocycles. The van der Waals surface area contributed by atoms with Crippen molar-refractivity contribution < 1.29 is 4.74 Å². The van der Waals surface area contributed by atoms with Gasteiger partial charge >= 0.3 is 0 Å². The van der Waals surface area contributed by atoms with Gasteiger partial charge in [0.1, 0.15) is 5.75 Å².